The van der Waals surface area contributed by atoms with Gasteiger partial charge in [-0.15, -0.1) is 11.3 Å². The Hall–Kier alpha value is -1.76. The molecule has 5 nitrogen and oxygen atoms in total. The molecule has 3 aromatic heterocycles. The summed E-state index contributed by atoms with van der Waals surface area (Å²) in [7, 11) is 0. The van der Waals surface area contributed by atoms with Crippen molar-refractivity contribution in [1.82, 2.24) is 19.7 Å². The first-order valence-corrected chi connectivity index (χ1v) is 8.60. The Morgan fingerprint density at radius 1 is 1.43 bits per heavy atom. The van der Waals surface area contributed by atoms with Gasteiger partial charge in [0, 0.05) is 30.4 Å². The molecule has 3 aromatic rings. The van der Waals surface area contributed by atoms with Gasteiger partial charge in [-0.3, -0.25) is 14.5 Å². The maximum absolute atomic E-state index is 12.2. The van der Waals surface area contributed by atoms with Gasteiger partial charge in [-0.05, 0) is 25.5 Å². The summed E-state index contributed by atoms with van der Waals surface area (Å²) in [5.41, 5.74) is 0.919. The Kier molecular flexibility index (Phi) is 4.48. The molecule has 7 heteroatoms. The van der Waals surface area contributed by atoms with Crippen LogP contribution in [0.3, 0.4) is 0 Å². The van der Waals surface area contributed by atoms with Gasteiger partial charge in [-0.1, -0.05) is 18.5 Å². The molecular formula is C16H17ClN4OS. The molecule has 0 aliphatic heterocycles. The first kappa shape index (κ1) is 16.1. The van der Waals surface area contributed by atoms with Crippen LogP contribution in [-0.2, 0) is 12.1 Å². The van der Waals surface area contributed by atoms with Crippen LogP contribution in [0, 0.1) is 0 Å². The smallest absolute Gasteiger partial charge is 0.258 e. The highest BCUT2D eigenvalue weighted by Crippen LogP contribution is 2.26. The third-order valence-corrected chi connectivity index (χ3v) is 5.21. The summed E-state index contributed by atoms with van der Waals surface area (Å²) in [6.45, 7) is 4.72. The van der Waals surface area contributed by atoms with Crippen LogP contribution in [0.1, 0.15) is 31.0 Å². The highest BCUT2D eigenvalue weighted by atomic mass is 35.5. The number of halogens is 1. The first-order valence-electron chi connectivity index (χ1n) is 7.35. The Balaban J connectivity index is 1.87. The van der Waals surface area contributed by atoms with Crippen molar-refractivity contribution in [2.75, 3.05) is 0 Å². The minimum Gasteiger partial charge on any atom is -0.300 e. The Morgan fingerprint density at radius 2 is 2.26 bits per heavy atom. The highest BCUT2D eigenvalue weighted by molar-refractivity contribution is 7.09. The quantitative estimate of drug-likeness (QED) is 0.769. The average Bonchev–Trinajstić information content (AvgIpc) is 3.08. The standard InChI is InChI=1S/C16H17ClN4OS/c1-3-16(2,15-18-6-7-23-15)19-9-12-8-14(22)21-10-11(17)4-5-13(21)20-12/h4-8,10,19H,3,9H2,1-2H3. The van der Waals surface area contributed by atoms with Crippen molar-refractivity contribution >= 4 is 28.6 Å². The molecule has 0 saturated carbocycles. The summed E-state index contributed by atoms with van der Waals surface area (Å²) in [6, 6.07) is 5.01. The van der Waals surface area contributed by atoms with Gasteiger partial charge in [0.2, 0.25) is 0 Å². The number of nitrogens with one attached hydrogen (secondary N) is 1. The molecule has 0 radical (unpaired) electrons. The van der Waals surface area contributed by atoms with Gasteiger partial charge in [-0.25, -0.2) is 9.97 Å². The molecule has 120 valence electrons. The lowest BCUT2D eigenvalue weighted by Gasteiger charge is -2.27. The van der Waals surface area contributed by atoms with E-state index < -0.39 is 0 Å². The third kappa shape index (κ3) is 3.29. The number of pyridine rings is 1. The maximum Gasteiger partial charge on any atom is 0.258 e. The molecule has 0 saturated heterocycles. The van der Waals surface area contributed by atoms with Gasteiger partial charge >= 0.3 is 0 Å². The number of fused-ring (bicyclic) bond motifs is 1. The molecule has 0 aliphatic carbocycles. The van der Waals surface area contributed by atoms with Crippen molar-refractivity contribution in [3.8, 4) is 0 Å². The van der Waals surface area contributed by atoms with Gasteiger partial charge in [0.25, 0.3) is 5.56 Å². The summed E-state index contributed by atoms with van der Waals surface area (Å²) in [5.74, 6) is 0. The highest BCUT2D eigenvalue weighted by Gasteiger charge is 2.26. The van der Waals surface area contributed by atoms with E-state index in [0.29, 0.717) is 22.9 Å². The van der Waals surface area contributed by atoms with Crippen molar-refractivity contribution in [2.45, 2.75) is 32.4 Å². The second-order valence-electron chi connectivity index (χ2n) is 5.54. The van der Waals surface area contributed by atoms with Crippen LogP contribution in [0.4, 0.5) is 0 Å². The van der Waals surface area contributed by atoms with Crippen LogP contribution in [0.15, 0.2) is 40.8 Å². The predicted octanol–water partition coefficient (Wildman–Crippen LogP) is 3.22. The van der Waals surface area contributed by atoms with E-state index in [0.717, 1.165) is 11.4 Å². The molecule has 0 aliphatic rings. The number of rotatable bonds is 5. The van der Waals surface area contributed by atoms with Crippen LogP contribution in [0.25, 0.3) is 5.65 Å². The fourth-order valence-corrected chi connectivity index (χ4v) is 3.36. The molecule has 1 unspecified atom stereocenters. The molecule has 3 rings (SSSR count). The summed E-state index contributed by atoms with van der Waals surface area (Å²) >= 11 is 7.54. The topological polar surface area (TPSA) is 59.3 Å². The molecular weight excluding hydrogens is 332 g/mol. The normalized spacial score (nSPS) is 14.0. The van der Waals surface area contributed by atoms with E-state index >= 15 is 0 Å². The van der Waals surface area contributed by atoms with Gasteiger partial charge < -0.3 is 0 Å². The van der Waals surface area contributed by atoms with Crippen LogP contribution in [-0.4, -0.2) is 14.4 Å². The number of aromatic nitrogens is 3. The summed E-state index contributed by atoms with van der Waals surface area (Å²) in [4.78, 5) is 21.1. The van der Waals surface area contributed by atoms with Crippen molar-refractivity contribution in [1.29, 1.82) is 0 Å². The zero-order chi connectivity index (χ0) is 16.4. The van der Waals surface area contributed by atoms with E-state index in [1.807, 2.05) is 5.38 Å². The lowest BCUT2D eigenvalue weighted by Crippen LogP contribution is -2.38. The lowest BCUT2D eigenvalue weighted by molar-refractivity contribution is 0.347. The average molecular weight is 349 g/mol. The molecule has 3 heterocycles. The van der Waals surface area contributed by atoms with Crippen molar-refractivity contribution < 1.29 is 0 Å². The van der Waals surface area contributed by atoms with Gasteiger partial charge in [0.15, 0.2) is 0 Å². The van der Waals surface area contributed by atoms with E-state index in [1.165, 1.54) is 10.5 Å². The Bertz CT molecular complexity index is 877. The Labute approximate surface area is 143 Å². The predicted molar refractivity (Wildman–Crippen MR) is 93.1 cm³/mol. The molecule has 23 heavy (non-hydrogen) atoms. The summed E-state index contributed by atoms with van der Waals surface area (Å²) in [6.07, 6.45) is 4.28. The van der Waals surface area contributed by atoms with E-state index in [4.69, 9.17) is 11.6 Å². The van der Waals surface area contributed by atoms with E-state index in [2.05, 4.69) is 29.1 Å². The van der Waals surface area contributed by atoms with E-state index in [-0.39, 0.29) is 11.1 Å². The van der Waals surface area contributed by atoms with Gasteiger partial charge in [0.05, 0.1) is 16.3 Å². The number of thiazole rings is 1. The molecule has 0 spiro atoms. The number of hydrogen-bond donors (Lipinski definition) is 1. The molecule has 1 atom stereocenters. The second-order valence-corrected chi connectivity index (χ2v) is 6.87. The zero-order valence-electron chi connectivity index (χ0n) is 12.9. The fourth-order valence-electron chi connectivity index (χ4n) is 2.35. The molecule has 0 aromatic carbocycles. The van der Waals surface area contributed by atoms with Crippen LogP contribution in [0.5, 0.6) is 0 Å². The van der Waals surface area contributed by atoms with Crippen LogP contribution < -0.4 is 10.9 Å². The lowest BCUT2D eigenvalue weighted by atomic mass is 10.00. The monoisotopic (exact) mass is 348 g/mol. The zero-order valence-corrected chi connectivity index (χ0v) is 14.5. The van der Waals surface area contributed by atoms with E-state index in [9.17, 15) is 4.79 Å². The van der Waals surface area contributed by atoms with Crippen molar-refractivity contribution in [2.24, 2.45) is 0 Å². The van der Waals surface area contributed by atoms with Gasteiger partial charge in [-0.2, -0.15) is 0 Å². The maximum atomic E-state index is 12.2. The number of hydrogen-bond acceptors (Lipinski definition) is 5. The van der Waals surface area contributed by atoms with Crippen molar-refractivity contribution in [3.05, 3.63) is 62.1 Å². The van der Waals surface area contributed by atoms with E-state index in [1.54, 1.807) is 35.9 Å². The molecule has 0 bridgehead atoms. The second kappa shape index (κ2) is 6.39. The number of nitrogens with zero attached hydrogens (tertiary/aromatic N) is 3. The SMILES string of the molecule is CCC(C)(NCc1cc(=O)n2cc(Cl)ccc2n1)c1nccs1. The molecule has 0 amide bonds. The van der Waals surface area contributed by atoms with Crippen LogP contribution >= 0.6 is 22.9 Å². The minimum atomic E-state index is -0.235. The first-order chi connectivity index (χ1) is 11.0. The summed E-state index contributed by atoms with van der Waals surface area (Å²) in [5, 5.41) is 6.99. The fraction of sp³-hybridized carbons (Fsp3) is 0.312. The molecule has 1 N–H and O–H groups in total. The Morgan fingerprint density at radius 3 is 2.96 bits per heavy atom. The van der Waals surface area contributed by atoms with Crippen molar-refractivity contribution in [3.63, 3.8) is 0 Å². The minimum absolute atomic E-state index is 0.137. The summed E-state index contributed by atoms with van der Waals surface area (Å²) < 4.78 is 1.45. The largest absolute Gasteiger partial charge is 0.300 e. The third-order valence-electron chi connectivity index (χ3n) is 3.95. The van der Waals surface area contributed by atoms with Gasteiger partial charge in [0.1, 0.15) is 10.7 Å². The molecule has 0 fully saturated rings. The van der Waals surface area contributed by atoms with Crippen LogP contribution in [0.2, 0.25) is 5.02 Å².